The topological polar surface area (TPSA) is 254 Å². The first-order chi connectivity index (χ1) is 38.4. The zero-order valence-electron chi connectivity index (χ0n) is 45.6. The van der Waals surface area contributed by atoms with Gasteiger partial charge in [0.15, 0.2) is 12.1 Å². The number of rotatable bonds is 13. The lowest BCUT2D eigenvalue weighted by Crippen LogP contribution is -2.59. The fourth-order valence-corrected chi connectivity index (χ4v) is 14.6. The number of aryl methyl sites for hydroxylation is 2. The summed E-state index contributed by atoms with van der Waals surface area (Å²) in [5.74, 6) is 2.48. The largest absolute Gasteiger partial charge is 0.496 e. The third kappa shape index (κ3) is 9.55. The van der Waals surface area contributed by atoms with Gasteiger partial charge in [-0.3, -0.25) is 9.59 Å². The molecular formula is C60H72N10O9. The van der Waals surface area contributed by atoms with Crippen LogP contribution < -0.4 is 26.8 Å². The molecule has 416 valence electrons. The van der Waals surface area contributed by atoms with Gasteiger partial charge >= 0.3 is 12.2 Å². The lowest BCUT2D eigenvalue weighted by molar-refractivity contribution is -0.141. The van der Waals surface area contributed by atoms with Crippen molar-refractivity contribution in [1.29, 1.82) is 0 Å². The van der Waals surface area contributed by atoms with E-state index in [1.165, 1.54) is 61.8 Å². The van der Waals surface area contributed by atoms with Crippen LogP contribution in [0, 0.1) is 11.8 Å². The van der Waals surface area contributed by atoms with Gasteiger partial charge in [0.2, 0.25) is 11.8 Å². The predicted octanol–water partition coefficient (Wildman–Crippen LogP) is 7.74. The van der Waals surface area contributed by atoms with Gasteiger partial charge < -0.3 is 65.6 Å². The van der Waals surface area contributed by atoms with Crippen molar-refractivity contribution in [2.24, 2.45) is 23.3 Å². The van der Waals surface area contributed by atoms with Crippen LogP contribution in [0.3, 0.4) is 0 Å². The van der Waals surface area contributed by atoms with E-state index in [0.717, 1.165) is 134 Å². The Morgan fingerprint density at radius 3 is 1.58 bits per heavy atom. The Hall–Kier alpha value is -7.06. The molecule has 5 bridgehead atoms. The van der Waals surface area contributed by atoms with Gasteiger partial charge in [0.05, 0.1) is 55.5 Å². The van der Waals surface area contributed by atoms with Crippen molar-refractivity contribution >= 4 is 46.1 Å². The Morgan fingerprint density at radius 2 is 1.08 bits per heavy atom. The fraction of sp³-hybridized carbons (Fsp3) is 0.500. The van der Waals surface area contributed by atoms with Crippen molar-refractivity contribution in [3.63, 3.8) is 0 Å². The highest BCUT2D eigenvalue weighted by Gasteiger charge is 2.51. The highest BCUT2D eigenvalue weighted by atomic mass is 16.5. The van der Waals surface area contributed by atoms with Crippen LogP contribution in [0.1, 0.15) is 122 Å². The average molecular weight is 1080 g/mol. The molecule has 4 aromatic carbocycles. The number of carbonyl (C=O) groups excluding carboxylic acids is 4. The lowest BCUT2D eigenvalue weighted by atomic mass is 9.84. The second kappa shape index (κ2) is 21.5. The molecule has 0 radical (unpaired) electrons. The van der Waals surface area contributed by atoms with Crippen LogP contribution in [0.2, 0.25) is 0 Å². The Morgan fingerprint density at radius 1 is 0.595 bits per heavy atom. The molecule has 1 unspecified atom stereocenters. The quantitative estimate of drug-likeness (QED) is 0.0606. The number of nitrogens with two attached hydrogens (primary N) is 2. The number of aromatic nitrogens is 4. The van der Waals surface area contributed by atoms with Gasteiger partial charge in [0.25, 0.3) is 0 Å². The number of ether oxygens (including phenoxy) is 5. The maximum atomic E-state index is 14.6. The van der Waals surface area contributed by atoms with Gasteiger partial charge in [-0.1, -0.05) is 49.9 Å². The second-order valence-electron chi connectivity index (χ2n) is 22.7. The number of fused-ring (bicyclic) bond motifs is 7. The van der Waals surface area contributed by atoms with E-state index >= 15 is 0 Å². The minimum Gasteiger partial charge on any atom is -0.496 e. The van der Waals surface area contributed by atoms with Crippen LogP contribution in [-0.4, -0.2) is 126 Å². The van der Waals surface area contributed by atoms with Crippen LogP contribution in [0.4, 0.5) is 9.59 Å². The number of aromatic amines is 2. The molecule has 19 nitrogen and oxygen atoms in total. The first kappa shape index (κ1) is 52.6. The summed E-state index contributed by atoms with van der Waals surface area (Å²) in [6.07, 6.45) is 9.15. The molecule has 2 aromatic heterocycles. The number of nitrogens with zero attached hydrogens (tertiary/aromatic N) is 4. The predicted molar refractivity (Wildman–Crippen MR) is 296 cm³/mol. The van der Waals surface area contributed by atoms with Crippen LogP contribution in [0.15, 0.2) is 60.7 Å². The summed E-state index contributed by atoms with van der Waals surface area (Å²) in [5.41, 5.74) is 26.9. The number of H-pyrrole nitrogens is 2. The molecule has 5 aliphatic carbocycles. The summed E-state index contributed by atoms with van der Waals surface area (Å²) in [5, 5.41) is 5.29. The number of benzene rings is 4. The van der Waals surface area contributed by atoms with E-state index in [2.05, 4.69) is 81.3 Å². The van der Waals surface area contributed by atoms with E-state index < -0.39 is 36.7 Å². The van der Waals surface area contributed by atoms with Crippen molar-refractivity contribution < 1.29 is 42.9 Å². The van der Waals surface area contributed by atoms with Gasteiger partial charge in [-0.25, -0.2) is 19.6 Å². The Labute approximate surface area is 459 Å². The molecule has 4 fully saturated rings. The fourth-order valence-electron chi connectivity index (χ4n) is 14.6. The molecule has 6 aromatic rings. The van der Waals surface area contributed by atoms with Crippen LogP contribution in [0.5, 0.6) is 5.75 Å². The summed E-state index contributed by atoms with van der Waals surface area (Å²) in [6.45, 7) is 0. The molecule has 0 spiro atoms. The summed E-state index contributed by atoms with van der Waals surface area (Å²) in [7, 11) is 7.12. The molecule has 4 amide bonds. The maximum Gasteiger partial charge on any atom is 0.407 e. The summed E-state index contributed by atoms with van der Waals surface area (Å²) >= 11 is 0. The highest BCUT2D eigenvalue weighted by Crippen LogP contribution is 2.50. The number of hydrogen-bond acceptors (Lipinski definition) is 13. The number of methoxy groups -OCH3 is 5. The number of likely N-dealkylation sites (tertiary alicyclic amines) is 2. The standard InChI is InChI=1S/C60H72N10O9/c1-75-50-29-41-38-21-36-20-30(39(24-37(36)22-38)31-16-18-42-44(25-31)65-55(63-42)48-27-33-10-6-8-12-46(33)69(48)57(71)51(53(61)76-2)67-59(73)78-4)14-15-35(50)23-40(41)32-17-19-43-45(26-32)66-56(64-43)49-28-34-11-7-9-13-47(34)70(49)58(72)52(54(62)77-3)68-60(74)79-5/h16-20,23-26,29,33-34,38,46-49,51-54H,6-15,21-22,27-28,61-62H2,1-5H3,(H,63,65)(H,64,66)(H,67,73)(H,68,74)/t33-,34-,38?,46-,47-,48-,49-,51-,52-,53-,54-/m0/s1. The van der Waals surface area contributed by atoms with Gasteiger partial charge in [-0.05, 0) is 168 Å². The molecule has 19 heteroatoms. The van der Waals surface area contributed by atoms with Crippen molar-refractivity contribution in [2.45, 2.75) is 145 Å². The van der Waals surface area contributed by atoms with Crippen molar-refractivity contribution in [3.05, 3.63) is 100 Å². The molecule has 2 aliphatic heterocycles. The summed E-state index contributed by atoms with van der Waals surface area (Å²) in [4.78, 5) is 75.5. The number of imidazole rings is 2. The van der Waals surface area contributed by atoms with Crippen LogP contribution >= 0.6 is 0 Å². The zero-order chi connectivity index (χ0) is 54.8. The van der Waals surface area contributed by atoms with Gasteiger partial charge in [0, 0.05) is 26.3 Å². The minimum absolute atomic E-state index is 0.0101. The molecule has 2 saturated carbocycles. The van der Waals surface area contributed by atoms with Gasteiger partial charge in [0.1, 0.15) is 29.9 Å². The van der Waals surface area contributed by atoms with E-state index in [1.54, 1.807) is 7.11 Å². The first-order valence-electron chi connectivity index (χ1n) is 28.1. The third-order valence-corrected chi connectivity index (χ3v) is 18.5. The van der Waals surface area contributed by atoms with Crippen molar-refractivity contribution in [3.8, 4) is 28.0 Å². The van der Waals surface area contributed by atoms with E-state index in [0.29, 0.717) is 23.5 Å². The van der Waals surface area contributed by atoms with E-state index in [-0.39, 0.29) is 41.9 Å². The van der Waals surface area contributed by atoms with E-state index in [4.69, 9.17) is 45.1 Å². The van der Waals surface area contributed by atoms with Gasteiger partial charge in [-0.2, -0.15) is 0 Å². The zero-order valence-corrected chi connectivity index (χ0v) is 45.6. The first-order valence-corrected chi connectivity index (χ1v) is 28.1. The molecule has 8 N–H and O–H groups in total. The normalized spacial score (nSPS) is 24.6. The number of hydrogen-bond donors (Lipinski definition) is 6. The van der Waals surface area contributed by atoms with Crippen LogP contribution in [0.25, 0.3) is 44.3 Å². The molecule has 4 heterocycles. The minimum atomic E-state index is -1.14. The lowest BCUT2D eigenvalue weighted by Gasteiger charge is -2.36. The van der Waals surface area contributed by atoms with Crippen molar-refractivity contribution in [1.82, 2.24) is 40.4 Å². The molecule has 13 rings (SSSR count). The SMILES string of the molecule is COC(=O)N[C@H](C(=O)N1[C@H](c2nc3ccc(-c4cc5c6cc4CCc4cc(-c7ccc8nc([C@@H]9C[C@@H]%10CCCC[C@@H]%10N9C(=O)[C@@H](NC(=O)OC)[C@@H](N)OC)[nH]c8c7)c(cc4OC)C(C6)C5)cc3[nH]2)C[C@@H]2CCCC[C@@H]21)[C@@H](N)OC. The molecule has 7 aliphatic rings. The average Bonchev–Trinajstić information content (AvgIpc) is 4.53. The molecule has 2 saturated heterocycles. The Kier molecular flexibility index (Phi) is 14.3. The maximum absolute atomic E-state index is 14.6. The number of nitrogens with one attached hydrogen (secondary N) is 4. The molecule has 11 atom stereocenters. The number of amides is 4. The van der Waals surface area contributed by atoms with E-state index in [1.807, 2.05) is 9.80 Å². The Balaban J connectivity index is 0.839. The number of carbonyl (C=O) groups is 4. The molecule has 79 heavy (non-hydrogen) atoms. The number of alkyl carbamates (subject to hydrolysis) is 2. The summed E-state index contributed by atoms with van der Waals surface area (Å²) < 4.78 is 26.8. The van der Waals surface area contributed by atoms with E-state index in [9.17, 15) is 19.2 Å². The van der Waals surface area contributed by atoms with Gasteiger partial charge in [-0.15, -0.1) is 0 Å². The second-order valence-corrected chi connectivity index (χ2v) is 22.7. The third-order valence-electron chi connectivity index (χ3n) is 18.5. The van der Waals surface area contributed by atoms with Crippen LogP contribution in [-0.2, 0) is 54.2 Å². The molecular weight excluding hydrogens is 1000 g/mol. The Bertz CT molecular complexity index is 3340. The monoisotopic (exact) mass is 1080 g/mol. The van der Waals surface area contributed by atoms with Crippen molar-refractivity contribution in [2.75, 3.05) is 35.5 Å². The smallest absolute Gasteiger partial charge is 0.407 e. The highest BCUT2D eigenvalue weighted by molar-refractivity contribution is 5.89. The summed E-state index contributed by atoms with van der Waals surface area (Å²) in [6, 6.07) is 19.3.